The van der Waals surface area contributed by atoms with Gasteiger partial charge in [0.15, 0.2) is 0 Å². The average molecular weight is 271 g/mol. The summed E-state index contributed by atoms with van der Waals surface area (Å²) < 4.78 is 10.1. The summed E-state index contributed by atoms with van der Waals surface area (Å²) in [6.07, 6.45) is 0.00831. The van der Waals surface area contributed by atoms with E-state index in [1.807, 2.05) is 6.92 Å². The van der Waals surface area contributed by atoms with Gasteiger partial charge in [0.1, 0.15) is 11.2 Å². The summed E-state index contributed by atoms with van der Waals surface area (Å²) in [4.78, 5) is 11.3. The number of hydrogen-bond donors (Lipinski definition) is 2. The molecule has 0 heterocycles. The summed E-state index contributed by atoms with van der Waals surface area (Å²) >= 11 is 9.52. The molecule has 0 rings (SSSR count). The number of carbonyl (C=O) groups excluding carboxylic acids is 1. The number of hydrogen-bond acceptors (Lipinski definition) is 4. The summed E-state index contributed by atoms with van der Waals surface area (Å²) in [6, 6.07) is 0. The maximum Gasteiger partial charge on any atom is 0.411 e. The molecular formula is C8H18NO3PS2. The molecule has 0 spiro atoms. The molecule has 0 bridgehead atoms. The Morgan fingerprint density at radius 2 is 2.13 bits per heavy atom. The molecule has 0 aliphatic rings. The van der Waals surface area contributed by atoms with Gasteiger partial charge >= 0.3 is 6.09 Å². The molecule has 7 heteroatoms. The van der Waals surface area contributed by atoms with Gasteiger partial charge in [-0.05, 0) is 20.3 Å². The summed E-state index contributed by atoms with van der Waals surface area (Å²) in [5, 5.41) is 0.260. The largest absolute Gasteiger partial charge is 0.447 e. The van der Waals surface area contributed by atoms with Crippen LogP contribution in [0.3, 0.4) is 0 Å². The first-order valence-electron chi connectivity index (χ1n) is 4.67. The fraction of sp³-hybridized carbons (Fsp3) is 0.875. The van der Waals surface area contributed by atoms with Crippen LogP contribution in [0, 0.1) is 0 Å². The highest BCUT2D eigenvalue weighted by atomic mass is 32.9. The van der Waals surface area contributed by atoms with Crippen LogP contribution in [-0.2, 0) is 21.3 Å². The molecule has 15 heavy (non-hydrogen) atoms. The number of carbonyl (C=O) groups is 1. The van der Waals surface area contributed by atoms with Crippen molar-refractivity contribution < 1.29 is 14.3 Å². The predicted molar refractivity (Wildman–Crippen MR) is 69.1 cm³/mol. The van der Waals surface area contributed by atoms with Crippen molar-refractivity contribution in [2.75, 3.05) is 7.11 Å². The molecule has 0 aromatic rings. The van der Waals surface area contributed by atoms with E-state index >= 15 is 0 Å². The van der Waals surface area contributed by atoms with Gasteiger partial charge in [0.25, 0.3) is 0 Å². The van der Waals surface area contributed by atoms with Gasteiger partial charge in [0.05, 0.1) is 6.10 Å². The Labute approximate surface area is 101 Å². The van der Waals surface area contributed by atoms with Crippen molar-refractivity contribution in [3.63, 3.8) is 0 Å². The molecule has 0 saturated heterocycles. The topological polar surface area (TPSA) is 47.6 Å². The van der Waals surface area contributed by atoms with Gasteiger partial charge in [-0.1, -0.05) is 18.7 Å². The first-order valence-corrected chi connectivity index (χ1v) is 8.70. The van der Waals surface area contributed by atoms with Crippen LogP contribution in [0.1, 0.15) is 27.2 Å². The number of thiol groups is 1. The lowest BCUT2D eigenvalue weighted by Gasteiger charge is -2.25. The van der Waals surface area contributed by atoms with E-state index in [1.165, 1.54) is 0 Å². The molecular weight excluding hydrogens is 253 g/mol. The van der Waals surface area contributed by atoms with Crippen LogP contribution in [0.5, 0.6) is 0 Å². The monoisotopic (exact) mass is 271 g/mol. The third kappa shape index (κ3) is 5.76. The van der Waals surface area contributed by atoms with Crippen LogP contribution in [-0.4, -0.2) is 25.2 Å². The van der Waals surface area contributed by atoms with Gasteiger partial charge in [-0.25, -0.2) is 4.79 Å². The molecule has 0 radical (unpaired) electrons. The highest BCUT2D eigenvalue weighted by Gasteiger charge is 2.26. The fourth-order valence-corrected chi connectivity index (χ4v) is 4.19. The second-order valence-electron chi connectivity index (χ2n) is 3.29. The lowest BCUT2D eigenvalue weighted by molar-refractivity contribution is 0.120. The van der Waals surface area contributed by atoms with Crippen LogP contribution in [0.15, 0.2) is 0 Å². The summed E-state index contributed by atoms with van der Waals surface area (Å²) in [5.74, 6) is -0.226. The Hall–Kier alpha value is 0.230. The molecule has 0 aromatic carbocycles. The van der Waals surface area contributed by atoms with Crippen molar-refractivity contribution in [2.45, 2.75) is 39.1 Å². The van der Waals surface area contributed by atoms with E-state index in [9.17, 15) is 4.79 Å². The molecule has 2 atom stereocenters. The highest BCUT2D eigenvalue weighted by Crippen LogP contribution is 2.53. The van der Waals surface area contributed by atoms with Crippen molar-refractivity contribution >= 4 is 35.5 Å². The zero-order valence-corrected chi connectivity index (χ0v) is 12.0. The Morgan fingerprint density at radius 3 is 2.47 bits per heavy atom. The molecule has 4 nitrogen and oxygen atoms in total. The molecule has 0 saturated carbocycles. The first-order chi connectivity index (χ1) is 6.83. The number of rotatable bonds is 5. The minimum absolute atomic E-state index is 0.170. The summed E-state index contributed by atoms with van der Waals surface area (Å²) in [6.45, 7) is 5.48. The standard InChI is InChI=1S/C8H18NO3PS2/c1-5-7(11-4)13(14,15)9-8(10)12-6(2)3/h6-7H,5H2,1-4H3,(H2,9,10,14,15). The maximum atomic E-state index is 11.3. The van der Waals surface area contributed by atoms with E-state index in [0.29, 0.717) is 6.42 Å². The van der Waals surface area contributed by atoms with Crippen LogP contribution < -0.4 is 5.09 Å². The molecule has 0 aromatic heterocycles. The van der Waals surface area contributed by atoms with E-state index < -0.39 is 11.5 Å². The van der Waals surface area contributed by atoms with Crippen LogP contribution in [0.4, 0.5) is 4.79 Å². The SMILES string of the molecule is CCC(OC)P(=S)(S)NC(=O)OC(C)C. The van der Waals surface area contributed by atoms with Crippen LogP contribution in [0.2, 0.25) is 0 Å². The van der Waals surface area contributed by atoms with Crippen LogP contribution in [0.25, 0.3) is 0 Å². The van der Waals surface area contributed by atoms with E-state index in [0.717, 1.165) is 0 Å². The third-order valence-electron chi connectivity index (χ3n) is 1.61. The van der Waals surface area contributed by atoms with Gasteiger partial charge in [0, 0.05) is 7.11 Å². The van der Waals surface area contributed by atoms with E-state index in [1.54, 1.807) is 21.0 Å². The fourth-order valence-electron chi connectivity index (χ4n) is 1.00. The summed E-state index contributed by atoms with van der Waals surface area (Å²) in [5.41, 5.74) is 0. The highest BCUT2D eigenvalue weighted by molar-refractivity contribution is 8.63. The van der Waals surface area contributed by atoms with Gasteiger partial charge < -0.3 is 9.47 Å². The normalized spacial score (nSPS) is 16.9. The van der Waals surface area contributed by atoms with Crippen molar-refractivity contribution in [3.05, 3.63) is 0 Å². The third-order valence-corrected chi connectivity index (χ3v) is 5.52. The smallest absolute Gasteiger partial charge is 0.411 e. The van der Waals surface area contributed by atoms with Gasteiger partial charge in [-0.3, -0.25) is 5.09 Å². The Morgan fingerprint density at radius 1 is 1.60 bits per heavy atom. The maximum absolute atomic E-state index is 11.3. The minimum Gasteiger partial charge on any atom is -0.447 e. The molecule has 90 valence electrons. The van der Waals surface area contributed by atoms with Crippen LogP contribution >= 0.6 is 17.6 Å². The number of amides is 1. The van der Waals surface area contributed by atoms with E-state index in [2.05, 4.69) is 17.3 Å². The van der Waals surface area contributed by atoms with Crippen molar-refractivity contribution in [2.24, 2.45) is 0 Å². The molecule has 0 fully saturated rings. The van der Waals surface area contributed by atoms with E-state index in [-0.39, 0.29) is 11.9 Å². The molecule has 1 amide bonds. The van der Waals surface area contributed by atoms with Gasteiger partial charge in [-0.2, -0.15) is 0 Å². The second kappa shape index (κ2) is 6.74. The molecule has 2 unspecified atom stereocenters. The quantitative estimate of drug-likeness (QED) is 0.596. The second-order valence-corrected chi connectivity index (χ2v) is 9.77. The molecule has 0 aliphatic heterocycles. The number of nitrogens with one attached hydrogen (secondary N) is 1. The van der Waals surface area contributed by atoms with Gasteiger partial charge in [0.2, 0.25) is 0 Å². The molecule has 0 aliphatic carbocycles. The average Bonchev–Trinajstić information content (AvgIpc) is 2.02. The minimum atomic E-state index is -2.33. The zero-order chi connectivity index (χ0) is 12.1. The predicted octanol–water partition coefficient (Wildman–Crippen LogP) is 2.74. The first kappa shape index (κ1) is 15.2. The van der Waals surface area contributed by atoms with Crippen molar-refractivity contribution in [1.29, 1.82) is 0 Å². The number of ether oxygens (including phenoxy) is 2. The Kier molecular flexibility index (Phi) is 6.84. The Balaban J connectivity index is 4.36. The lowest BCUT2D eigenvalue weighted by Crippen LogP contribution is -2.27. The lowest BCUT2D eigenvalue weighted by atomic mass is 10.5. The zero-order valence-electron chi connectivity index (χ0n) is 9.39. The summed E-state index contributed by atoms with van der Waals surface area (Å²) in [7, 11) is 1.56. The van der Waals surface area contributed by atoms with Crippen molar-refractivity contribution in [1.82, 2.24) is 5.09 Å². The molecule has 1 N–H and O–H groups in total. The van der Waals surface area contributed by atoms with Crippen molar-refractivity contribution in [3.8, 4) is 0 Å². The van der Waals surface area contributed by atoms with Gasteiger partial charge in [-0.15, -0.1) is 12.2 Å². The number of methoxy groups -OCH3 is 1. The Bertz CT molecular complexity index is 256. The van der Waals surface area contributed by atoms with E-state index in [4.69, 9.17) is 21.3 Å².